The van der Waals surface area contributed by atoms with Gasteiger partial charge in [-0.15, -0.1) is 0 Å². The molecule has 0 amide bonds. The summed E-state index contributed by atoms with van der Waals surface area (Å²) in [6.07, 6.45) is -0.224. The molecule has 2 rings (SSSR count). The zero-order valence-electron chi connectivity index (χ0n) is 7.90. The molecule has 0 fully saturated rings. The highest BCUT2D eigenvalue weighted by atomic mass is 19.1. The first-order chi connectivity index (χ1) is 6.70. The average Bonchev–Trinajstić information content (AvgIpc) is 2.19. The first-order valence-electron chi connectivity index (χ1n) is 4.49. The number of hydrogen-bond donors (Lipinski definition) is 1. The number of aliphatic hydroxyl groups excluding tert-OH is 1. The van der Waals surface area contributed by atoms with E-state index in [1.807, 2.05) is 11.9 Å². The number of nitrogens with zero attached hydrogens (tertiary/aromatic N) is 1. The maximum Gasteiger partial charge on any atom is 0.143 e. The molecule has 0 saturated heterocycles. The van der Waals surface area contributed by atoms with Crippen LogP contribution in [-0.4, -0.2) is 31.4 Å². The van der Waals surface area contributed by atoms with E-state index in [0.29, 0.717) is 12.3 Å². The molecule has 76 valence electrons. The fourth-order valence-electron chi connectivity index (χ4n) is 1.60. The Bertz CT molecular complexity index is 343. The number of halogens is 1. The van der Waals surface area contributed by atoms with Gasteiger partial charge in [0.2, 0.25) is 0 Å². The highest BCUT2D eigenvalue weighted by Gasteiger charge is 2.22. The van der Waals surface area contributed by atoms with E-state index in [1.54, 1.807) is 6.07 Å². The lowest BCUT2D eigenvalue weighted by Crippen LogP contribution is -2.39. The van der Waals surface area contributed by atoms with Crippen LogP contribution in [0.5, 0.6) is 5.75 Å². The topological polar surface area (TPSA) is 32.7 Å². The number of hydrogen-bond acceptors (Lipinski definition) is 3. The van der Waals surface area contributed by atoms with Crippen LogP contribution in [0.1, 0.15) is 0 Å². The van der Waals surface area contributed by atoms with Gasteiger partial charge < -0.3 is 14.7 Å². The molecule has 0 aliphatic carbocycles. The van der Waals surface area contributed by atoms with Crippen molar-refractivity contribution in [2.24, 2.45) is 0 Å². The minimum absolute atomic E-state index is 0.0266. The summed E-state index contributed by atoms with van der Waals surface area (Å²) in [4.78, 5) is 1.88. The molecule has 1 unspecified atom stereocenters. The van der Waals surface area contributed by atoms with Crippen molar-refractivity contribution in [3.63, 3.8) is 0 Å². The minimum Gasteiger partial charge on any atom is -0.484 e. The van der Waals surface area contributed by atoms with Gasteiger partial charge in [0.1, 0.15) is 17.7 Å². The molecular formula is C10H12FNO2. The Morgan fingerprint density at radius 1 is 1.64 bits per heavy atom. The van der Waals surface area contributed by atoms with Crippen molar-refractivity contribution < 1.29 is 14.2 Å². The molecule has 0 aromatic heterocycles. The predicted molar refractivity (Wildman–Crippen MR) is 51.2 cm³/mol. The van der Waals surface area contributed by atoms with Gasteiger partial charge in [-0.2, -0.15) is 0 Å². The maximum absolute atomic E-state index is 12.9. The van der Waals surface area contributed by atoms with Crippen molar-refractivity contribution in [2.75, 3.05) is 25.1 Å². The summed E-state index contributed by atoms with van der Waals surface area (Å²) in [6, 6.07) is 4.37. The van der Waals surface area contributed by atoms with E-state index in [0.717, 1.165) is 5.69 Å². The molecule has 0 saturated carbocycles. The van der Waals surface area contributed by atoms with Crippen molar-refractivity contribution in [3.8, 4) is 5.75 Å². The Hall–Kier alpha value is -1.29. The number of benzene rings is 1. The van der Waals surface area contributed by atoms with Crippen molar-refractivity contribution in [1.29, 1.82) is 0 Å². The zero-order valence-corrected chi connectivity index (χ0v) is 7.90. The SMILES string of the molecule is CN1CC(CO)Oc2ccc(F)cc21. The summed E-state index contributed by atoms with van der Waals surface area (Å²) in [5, 5.41) is 8.96. The van der Waals surface area contributed by atoms with Gasteiger partial charge in [0, 0.05) is 13.1 Å². The predicted octanol–water partition coefficient (Wildman–Crippen LogP) is 1.02. The molecule has 0 radical (unpaired) electrons. The second-order valence-electron chi connectivity index (χ2n) is 3.42. The fraction of sp³-hybridized carbons (Fsp3) is 0.400. The molecule has 3 nitrogen and oxygen atoms in total. The third-order valence-electron chi connectivity index (χ3n) is 2.31. The molecule has 1 aliphatic heterocycles. The molecule has 0 bridgehead atoms. The van der Waals surface area contributed by atoms with E-state index < -0.39 is 0 Å². The lowest BCUT2D eigenvalue weighted by Gasteiger charge is -2.32. The number of ether oxygens (including phenoxy) is 1. The quantitative estimate of drug-likeness (QED) is 0.729. The Morgan fingerprint density at radius 2 is 2.43 bits per heavy atom. The van der Waals surface area contributed by atoms with Crippen LogP contribution in [0.4, 0.5) is 10.1 Å². The summed E-state index contributed by atoms with van der Waals surface area (Å²) >= 11 is 0. The molecule has 4 heteroatoms. The highest BCUT2D eigenvalue weighted by Crippen LogP contribution is 2.32. The van der Waals surface area contributed by atoms with Gasteiger partial charge in [-0.1, -0.05) is 0 Å². The largest absolute Gasteiger partial charge is 0.484 e. The smallest absolute Gasteiger partial charge is 0.143 e. The molecule has 1 aromatic rings. The van der Waals surface area contributed by atoms with Crippen molar-refractivity contribution in [1.82, 2.24) is 0 Å². The Kier molecular flexibility index (Phi) is 2.29. The summed E-state index contributed by atoms with van der Waals surface area (Å²) < 4.78 is 18.4. The Morgan fingerprint density at radius 3 is 3.14 bits per heavy atom. The Balaban J connectivity index is 2.35. The van der Waals surface area contributed by atoms with E-state index in [2.05, 4.69) is 0 Å². The van der Waals surface area contributed by atoms with Crippen LogP contribution in [0.3, 0.4) is 0 Å². The monoisotopic (exact) mass is 197 g/mol. The number of rotatable bonds is 1. The van der Waals surface area contributed by atoms with Crippen LogP contribution in [-0.2, 0) is 0 Å². The van der Waals surface area contributed by atoms with Gasteiger partial charge in [-0.05, 0) is 12.1 Å². The first-order valence-corrected chi connectivity index (χ1v) is 4.49. The van der Waals surface area contributed by atoms with E-state index in [4.69, 9.17) is 9.84 Å². The standard InChI is InChI=1S/C10H12FNO2/c1-12-5-8(6-13)14-10-3-2-7(11)4-9(10)12/h2-4,8,13H,5-6H2,1H3. The van der Waals surface area contributed by atoms with Crippen LogP contribution >= 0.6 is 0 Å². The summed E-state index contributed by atoms with van der Waals surface area (Å²) in [5.74, 6) is 0.348. The van der Waals surface area contributed by atoms with Gasteiger partial charge in [0.15, 0.2) is 0 Å². The summed E-state index contributed by atoms with van der Waals surface area (Å²) in [7, 11) is 1.85. The fourth-order valence-corrected chi connectivity index (χ4v) is 1.60. The van der Waals surface area contributed by atoms with Crippen LogP contribution in [0.25, 0.3) is 0 Å². The van der Waals surface area contributed by atoms with Crippen molar-refractivity contribution >= 4 is 5.69 Å². The summed E-state index contributed by atoms with van der Waals surface area (Å²) in [6.45, 7) is 0.550. The van der Waals surface area contributed by atoms with Crippen LogP contribution in [0, 0.1) is 5.82 Å². The number of anilines is 1. The van der Waals surface area contributed by atoms with E-state index in [1.165, 1.54) is 12.1 Å². The van der Waals surface area contributed by atoms with Gasteiger partial charge >= 0.3 is 0 Å². The van der Waals surface area contributed by atoms with E-state index >= 15 is 0 Å². The number of fused-ring (bicyclic) bond motifs is 1. The second-order valence-corrected chi connectivity index (χ2v) is 3.42. The third-order valence-corrected chi connectivity index (χ3v) is 2.31. The van der Waals surface area contributed by atoms with E-state index in [9.17, 15) is 4.39 Å². The maximum atomic E-state index is 12.9. The number of aliphatic hydroxyl groups is 1. The van der Waals surface area contributed by atoms with Gasteiger partial charge in [-0.25, -0.2) is 4.39 Å². The first kappa shape index (κ1) is 9.27. The normalized spacial score (nSPS) is 20.2. The third kappa shape index (κ3) is 1.53. The molecule has 14 heavy (non-hydrogen) atoms. The molecule has 1 N–H and O–H groups in total. The van der Waals surface area contributed by atoms with E-state index in [-0.39, 0.29) is 18.5 Å². The van der Waals surface area contributed by atoms with Crippen LogP contribution < -0.4 is 9.64 Å². The molecule has 1 heterocycles. The molecule has 1 atom stereocenters. The second kappa shape index (κ2) is 3.46. The molecule has 0 spiro atoms. The molecule has 1 aromatic carbocycles. The zero-order chi connectivity index (χ0) is 10.1. The Labute approximate surface area is 81.7 Å². The van der Waals surface area contributed by atoms with Crippen molar-refractivity contribution in [2.45, 2.75) is 6.10 Å². The van der Waals surface area contributed by atoms with Gasteiger partial charge in [-0.3, -0.25) is 0 Å². The molecular weight excluding hydrogens is 185 g/mol. The lowest BCUT2D eigenvalue weighted by atomic mass is 10.2. The summed E-state index contributed by atoms with van der Waals surface area (Å²) in [5.41, 5.74) is 0.731. The van der Waals surface area contributed by atoms with Crippen molar-refractivity contribution in [3.05, 3.63) is 24.0 Å². The average molecular weight is 197 g/mol. The number of likely N-dealkylation sites (N-methyl/N-ethyl adjacent to an activating group) is 1. The van der Waals surface area contributed by atoms with Crippen LogP contribution in [0.2, 0.25) is 0 Å². The van der Waals surface area contributed by atoms with Gasteiger partial charge in [0.05, 0.1) is 18.8 Å². The van der Waals surface area contributed by atoms with Gasteiger partial charge in [0.25, 0.3) is 0 Å². The minimum atomic E-state index is -0.276. The highest BCUT2D eigenvalue weighted by molar-refractivity contribution is 5.59. The lowest BCUT2D eigenvalue weighted by molar-refractivity contribution is 0.113. The molecule has 1 aliphatic rings. The van der Waals surface area contributed by atoms with Crippen LogP contribution in [0.15, 0.2) is 18.2 Å².